The molecule has 0 nitrogen and oxygen atoms in total. The molecule has 0 bridgehead atoms. The Kier molecular flexibility index (Phi) is 8.42. The first-order chi connectivity index (χ1) is 11.3. The van der Waals surface area contributed by atoms with Crippen molar-refractivity contribution in [3.05, 3.63) is 47.8 Å². The van der Waals surface area contributed by atoms with Crippen molar-refractivity contribution in [1.82, 2.24) is 0 Å². The third kappa shape index (κ3) is 6.89. The molecule has 0 spiro atoms. The van der Waals surface area contributed by atoms with Gasteiger partial charge in [0.2, 0.25) is 0 Å². The second-order valence-corrected chi connectivity index (χ2v) is 7.30. The summed E-state index contributed by atoms with van der Waals surface area (Å²) in [6.45, 7) is 2.29. The molecule has 0 heterocycles. The van der Waals surface area contributed by atoms with E-state index in [0.717, 1.165) is 11.8 Å². The summed E-state index contributed by atoms with van der Waals surface area (Å²) in [5.41, 5.74) is 2.62. The van der Waals surface area contributed by atoms with Crippen LogP contribution in [0.3, 0.4) is 0 Å². The fourth-order valence-electron chi connectivity index (χ4n) is 3.89. The average Bonchev–Trinajstić information content (AvgIpc) is 2.60. The molecule has 1 heteroatoms. The van der Waals surface area contributed by atoms with Crippen molar-refractivity contribution in [1.29, 1.82) is 0 Å². The van der Waals surface area contributed by atoms with E-state index in [-0.39, 0.29) is 0 Å². The van der Waals surface area contributed by atoms with Gasteiger partial charge in [-0.1, -0.05) is 88.6 Å². The van der Waals surface area contributed by atoms with Crippen LogP contribution in [0, 0.1) is 11.8 Å². The van der Waals surface area contributed by atoms with E-state index in [1.807, 2.05) is 0 Å². The minimum atomic E-state index is 0.631. The van der Waals surface area contributed by atoms with Gasteiger partial charge in [-0.25, -0.2) is 4.39 Å². The molecule has 128 valence electrons. The normalized spacial score (nSPS) is 21.8. The number of unbranched alkanes of at least 4 members (excludes halogenated alkanes) is 2. The van der Waals surface area contributed by atoms with Gasteiger partial charge >= 0.3 is 0 Å². The maximum atomic E-state index is 12.0. The van der Waals surface area contributed by atoms with E-state index in [1.54, 1.807) is 6.08 Å². The van der Waals surface area contributed by atoms with Crippen molar-refractivity contribution in [3.63, 3.8) is 0 Å². The van der Waals surface area contributed by atoms with E-state index in [0.29, 0.717) is 12.8 Å². The predicted octanol–water partition coefficient (Wildman–Crippen LogP) is 7.03. The molecule has 1 saturated carbocycles. The summed E-state index contributed by atoms with van der Waals surface area (Å²) in [4.78, 5) is 0. The van der Waals surface area contributed by atoms with Crippen molar-refractivity contribution in [3.8, 4) is 0 Å². The van der Waals surface area contributed by atoms with Crippen molar-refractivity contribution in [2.45, 2.75) is 77.6 Å². The quantitative estimate of drug-likeness (QED) is 0.429. The van der Waals surface area contributed by atoms with Gasteiger partial charge in [-0.05, 0) is 42.2 Å². The van der Waals surface area contributed by atoms with Gasteiger partial charge in [-0.2, -0.15) is 0 Å². The van der Waals surface area contributed by atoms with Crippen LogP contribution in [0.1, 0.15) is 75.8 Å². The summed E-state index contributed by atoms with van der Waals surface area (Å²) in [5, 5.41) is 0. The van der Waals surface area contributed by atoms with Crippen molar-refractivity contribution < 1.29 is 4.39 Å². The molecule has 0 N–H and O–H groups in total. The summed E-state index contributed by atoms with van der Waals surface area (Å²) in [5.74, 6) is 1.95. The molecule has 2 rings (SSSR count). The van der Waals surface area contributed by atoms with Gasteiger partial charge < -0.3 is 0 Å². The standard InChI is InChI=1S/C22H33F/c1-2-3-4-6-19-8-12-21(13-9-19)16-17-22-14-10-20(11-15-22)7-5-18-23/h5,10-11,14-15,18-19,21H,2-4,6-9,12-13,16-17H2,1H3/b18-5+/t19-,21-. The summed E-state index contributed by atoms with van der Waals surface area (Å²) in [6.07, 6.45) is 16.9. The SMILES string of the molecule is CCCCC[C@H]1CC[C@H](CCc2ccc(C/C=C/F)cc2)CC1. The molecule has 0 radical (unpaired) electrons. The van der Waals surface area contributed by atoms with Crippen LogP contribution < -0.4 is 0 Å². The van der Waals surface area contributed by atoms with Gasteiger partial charge in [0, 0.05) is 0 Å². The van der Waals surface area contributed by atoms with Crippen LogP contribution in [-0.4, -0.2) is 0 Å². The van der Waals surface area contributed by atoms with E-state index in [9.17, 15) is 4.39 Å². The maximum Gasteiger partial charge on any atom is 0.0830 e. The lowest BCUT2D eigenvalue weighted by Crippen LogP contribution is -2.15. The number of rotatable bonds is 9. The predicted molar refractivity (Wildman–Crippen MR) is 98.3 cm³/mol. The third-order valence-corrected chi connectivity index (χ3v) is 5.49. The molecule has 0 amide bonds. The Balaban J connectivity index is 1.65. The molecule has 1 aromatic rings. The molecule has 0 unspecified atom stereocenters. The van der Waals surface area contributed by atoms with E-state index < -0.39 is 0 Å². The highest BCUT2D eigenvalue weighted by Gasteiger charge is 2.20. The third-order valence-electron chi connectivity index (χ3n) is 5.49. The molecule has 0 saturated heterocycles. The summed E-state index contributed by atoms with van der Waals surface area (Å²) in [7, 11) is 0. The largest absolute Gasteiger partial charge is 0.216 e. The lowest BCUT2D eigenvalue weighted by molar-refractivity contribution is 0.249. The van der Waals surface area contributed by atoms with Gasteiger partial charge in [0.15, 0.2) is 0 Å². The zero-order chi connectivity index (χ0) is 16.3. The highest BCUT2D eigenvalue weighted by Crippen LogP contribution is 2.34. The van der Waals surface area contributed by atoms with Crippen LogP contribution in [-0.2, 0) is 12.8 Å². The van der Waals surface area contributed by atoms with E-state index in [2.05, 4.69) is 31.2 Å². The van der Waals surface area contributed by atoms with E-state index >= 15 is 0 Å². The summed E-state index contributed by atoms with van der Waals surface area (Å²) in [6, 6.07) is 8.72. The van der Waals surface area contributed by atoms with E-state index in [1.165, 1.54) is 75.3 Å². The van der Waals surface area contributed by atoms with Crippen LogP contribution in [0.25, 0.3) is 0 Å². The summed E-state index contributed by atoms with van der Waals surface area (Å²) >= 11 is 0. The number of allylic oxidation sites excluding steroid dienone is 1. The monoisotopic (exact) mass is 316 g/mol. The smallest absolute Gasteiger partial charge is 0.0830 e. The van der Waals surface area contributed by atoms with Crippen LogP contribution in [0.2, 0.25) is 0 Å². The zero-order valence-corrected chi connectivity index (χ0v) is 14.8. The molecule has 0 atom stereocenters. The molecular weight excluding hydrogens is 283 g/mol. The van der Waals surface area contributed by atoms with Gasteiger partial charge in [-0.15, -0.1) is 0 Å². The van der Waals surface area contributed by atoms with Crippen LogP contribution >= 0.6 is 0 Å². The second kappa shape index (κ2) is 10.6. The Bertz CT molecular complexity index is 438. The highest BCUT2D eigenvalue weighted by molar-refractivity contribution is 5.24. The molecule has 0 aliphatic heterocycles. The first-order valence-corrected chi connectivity index (χ1v) is 9.64. The lowest BCUT2D eigenvalue weighted by Gasteiger charge is -2.28. The number of halogens is 1. The molecule has 1 aliphatic carbocycles. The lowest BCUT2D eigenvalue weighted by atomic mass is 9.78. The summed E-state index contributed by atoms with van der Waals surface area (Å²) < 4.78 is 12.0. The molecular formula is C22H33F. The van der Waals surface area contributed by atoms with Crippen molar-refractivity contribution >= 4 is 0 Å². The number of aryl methyl sites for hydroxylation is 1. The minimum Gasteiger partial charge on any atom is -0.216 e. The number of hydrogen-bond acceptors (Lipinski definition) is 0. The number of hydrogen-bond donors (Lipinski definition) is 0. The fourth-order valence-corrected chi connectivity index (χ4v) is 3.89. The molecule has 23 heavy (non-hydrogen) atoms. The Morgan fingerprint density at radius 1 is 0.913 bits per heavy atom. The van der Waals surface area contributed by atoms with Crippen molar-refractivity contribution in [2.75, 3.05) is 0 Å². The highest BCUT2D eigenvalue weighted by atomic mass is 19.1. The molecule has 1 aromatic carbocycles. The first kappa shape index (κ1) is 18.2. The van der Waals surface area contributed by atoms with Crippen LogP contribution in [0.4, 0.5) is 4.39 Å². The molecule has 1 fully saturated rings. The fraction of sp³-hybridized carbons (Fsp3) is 0.636. The van der Waals surface area contributed by atoms with Crippen molar-refractivity contribution in [2.24, 2.45) is 11.8 Å². The Morgan fingerprint density at radius 3 is 2.13 bits per heavy atom. The van der Waals surface area contributed by atoms with Gasteiger partial charge in [-0.3, -0.25) is 0 Å². The van der Waals surface area contributed by atoms with Crippen LogP contribution in [0.5, 0.6) is 0 Å². The van der Waals surface area contributed by atoms with Gasteiger partial charge in [0.1, 0.15) is 0 Å². The Hall–Kier alpha value is -1.11. The molecule has 0 aromatic heterocycles. The topological polar surface area (TPSA) is 0 Å². The second-order valence-electron chi connectivity index (χ2n) is 7.30. The number of benzene rings is 1. The Labute approximate surface area is 142 Å². The van der Waals surface area contributed by atoms with Gasteiger partial charge in [0.05, 0.1) is 6.33 Å². The maximum absolute atomic E-state index is 12.0. The van der Waals surface area contributed by atoms with E-state index in [4.69, 9.17) is 0 Å². The average molecular weight is 317 g/mol. The van der Waals surface area contributed by atoms with Gasteiger partial charge in [0.25, 0.3) is 0 Å². The first-order valence-electron chi connectivity index (χ1n) is 9.64. The Morgan fingerprint density at radius 2 is 1.52 bits per heavy atom. The zero-order valence-electron chi connectivity index (χ0n) is 14.8. The van der Waals surface area contributed by atoms with Crippen LogP contribution in [0.15, 0.2) is 36.7 Å². The molecule has 1 aliphatic rings. The minimum absolute atomic E-state index is 0.631.